The first-order valence-electron chi connectivity index (χ1n) is 11.6. The molecule has 0 aromatic heterocycles. The summed E-state index contributed by atoms with van der Waals surface area (Å²) in [5, 5.41) is 0. The zero-order valence-electron chi connectivity index (χ0n) is 19.1. The molecular weight excluding hydrogens is 392 g/mol. The van der Waals surface area contributed by atoms with Crippen molar-refractivity contribution in [3.63, 3.8) is 0 Å². The molecule has 0 saturated carbocycles. The number of aryl methyl sites for hydroxylation is 1. The van der Waals surface area contributed by atoms with Crippen molar-refractivity contribution in [3.8, 4) is 5.75 Å². The van der Waals surface area contributed by atoms with E-state index in [0.717, 1.165) is 18.4 Å². The summed E-state index contributed by atoms with van der Waals surface area (Å²) in [4.78, 5) is 40.0. The third-order valence-electron chi connectivity index (χ3n) is 5.30. The second-order valence-electron chi connectivity index (χ2n) is 7.94. The maximum absolute atomic E-state index is 11.3. The standard InChI is InChI=1S/C25H36N2O4/c1-3-4-5-6-7-8-9-10-11-12-13-14-15-16-22-17-25(31-21(2)30)24(27-20-29)18-23(22)26-19-28/h17-18H,3-16H2,1-2H3. The molecule has 0 spiro atoms. The van der Waals surface area contributed by atoms with Gasteiger partial charge in [0.25, 0.3) is 0 Å². The molecule has 1 aromatic carbocycles. The number of carbonyl (C=O) groups excluding carboxylic acids is 3. The first-order valence-corrected chi connectivity index (χ1v) is 11.6. The van der Waals surface area contributed by atoms with Crippen molar-refractivity contribution in [3.05, 3.63) is 17.7 Å². The van der Waals surface area contributed by atoms with Crippen molar-refractivity contribution in [2.75, 3.05) is 0 Å². The first kappa shape index (κ1) is 26.5. The molecular formula is C25H36N2O4. The predicted molar refractivity (Wildman–Crippen MR) is 123 cm³/mol. The molecule has 0 fully saturated rings. The summed E-state index contributed by atoms with van der Waals surface area (Å²) < 4.78 is 5.14. The lowest BCUT2D eigenvalue weighted by Gasteiger charge is -2.10. The van der Waals surface area contributed by atoms with E-state index >= 15 is 0 Å². The lowest BCUT2D eigenvalue weighted by atomic mass is 10.0. The molecule has 0 N–H and O–H groups in total. The summed E-state index contributed by atoms with van der Waals surface area (Å²) >= 11 is 0. The zero-order chi connectivity index (χ0) is 22.7. The zero-order valence-corrected chi connectivity index (χ0v) is 19.1. The van der Waals surface area contributed by atoms with Gasteiger partial charge in [-0.05, 0) is 30.5 Å². The summed E-state index contributed by atoms with van der Waals surface area (Å²) in [7, 11) is 0. The van der Waals surface area contributed by atoms with Crippen molar-refractivity contribution < 1.29 is 19.1 Å². The number of carbonyl (C=O) groups is 1. The van der Waals surface area contributed by atoms with Crippen LogP contribution in [0.5, 0.6) is 5.75 Å². The van der Waals surface area contributed by atoms with Gasteiger partial charge in [-0.2, -0.15) is 9.98 Å². The number of hydrogen-bond acceptors (Lipinski definition) is 6. The lowest BCUT2D eigenvalue weighted by Crippen LogP contribution is -2.02. The number of hydrogen-bond donors (Lipinski definition) is 0. The van der Waals surface area contributed by atoms with Crippen LogP contribution in [0, 0.1) is 0 Å². The van der Waals surface area contributed by atoms with Gasteiger partial charge < -0.3 is 4.74 Å². The largest absolute Gasteiger partial charge is 0.424 e. The number of isocyanates is 2. The molecule has 170 valence electrons. The minimum atomic E-state index is -0.513. The Bertz CT molecular complexity index is 763. The van der Waals surface area contributed by atoms with Crippen LogP contribution < -0.4 is 4.74 Å². The van der Waals surface area contributed by atoms with Crippen molar-refractivity contribution in [2.45, 2.75) is 104 Å². The summed E-state index contributed by atoms with van der Waals surface area (Å²) in [5.41, 5.74) is 1.28. The van der Waals surface area contributed by atoms with E-state index < -0.39 is 5.97 Å². The van der Waals surface area contributed by atoms with E-state index in [-0.39, 0.29) is 11.4 Å². The maximum Gasteiger partial charge on any atom is 0.308 e. The second-order valence-corrected chi connectivity index (χ2v) is 7.94. The fraction of sp³-hybridized carbons (Fsp3) is 0.640. The molecule has 1 rings (SSSR count). The highest BCUT2D eigenvalue weighted by molar-refractivity contribution is 5.75. The van der Waals surface area contributed by atoms with E-state index in [1.165, 1.54) is 95.8 Å². The van der Waals surface area contributed by atoms with E-state index in [1.54, 1.807) is 6.07 Å². The van der Waals surface area contributed by atoms with Crippen LogP contribution in [-0.2, 0) is 20.8 Å². The van der Waals surface area contributed by atoms with Crippen LogP contribution in [0.25, 0.3) is 0 Å². The Balaban J connectivity index is 2.39. The number of esters is 1. The van der Waals surface area contributed by atoms with Crippen molar-refractivity contribution in [1.82, 2.24) is 0 Å². The molecule has 0 saturated heterocycles. The molecule has 0 radical (unpaired) electrons. The molecule has 0 heterocycles. The smallest absolute Gasteiger partial charge is 0.308 e. The lowest BCUT2D eigenvalue weighted by molar-refractivity contribution is -0.131. The monoisotopic (exact) mass is 428 g/mol. The molecule has 31 heavy (non-hydrogen) atoms. The van der Waals surface area contributed by atoms with Gasteiger partial charge in [-0.15, -0.1) is 0 Å². The van der Waals surface area contributed by atoms with E-state index in [9.17, 15) is 14.4 Å². The molecule has 0 bridgehead atoms. The number of nitrogens with zero attached hydrogens (tertiary/aromatic N) is 2. The average molecular weight is 429 g/mol. The minimum Gasteiger partial charge on any atom is -0.424 e. The minimum absolute atomic E-state index is 0.119. The van der Waals surface area contributed by atoms with Crippen LogP contribution in [0.2, 0.25) is 0 Å². The normalized spacial score (nSPS) is 10.3. The van der Waals surface area contributed by atoms with Crippen molar-refractivity contribution >= 4 is 29.5 Å². The van der Waals surface area contributed by atoms with Crippen LogP contribution in [0.4, 0.5) is 11.4 Å². The van der Waals surface area contributed by atoms with Gasteiger partial charge in [0.2, 0.25) is 12.2 Å². The van der Waals surface area contributed by atoms with E-state index in [2.05, 4.69) is 16.9 Å². The van der Waals surface area contributed by atoms with Crippen LogP contribution in [0.3, 0.4) is 0 Å². The predicted octanol–water partition coefficient (Wildman–Crippen LogP) is 7.18. The number of unbranched alkanes of at least 4 members (excludes halogenated alkanes) is 12. The molecule has 6 heteroatoms. The fourth-order valence-electron chi connectivity index (χ4n) is 3.66. The quantitative estimate of drug-likeness (QED) is 0.0864. The number of rotatable bonds is 17. The summed E-state index contributed by atoms with van der Waals surface area (Å²) in [6.45, 7) is 3.52. The van der Waals surface area contributed by atoms with Gasteiger partial charge >= 0.3 is 5.97 Å². The Labute approximate surface area is 186 Å². The number of benzene rings is 1. The third kappa shape index (κ3) is 12.0. The Kier molecular flexibility index (Phi) is 14.7. The van der Waals surface area contributed by atoms with Crippen LogP contribution in [0.1, 0.15) is 103 Å². The maximum atomic E-state index is 11.3. The Morgan fingerprint density at radius 3 is 1.74 bits per heavy atom. The molecule has 0 atom stereocenters. The first-order chi connectivity index (χ1) is 15.1. The Morgan fingerprint density at radius 1 is 0.774 bits per heavy atom. The van der Waals surface area contributed by atoms with Gasteiger partial charge in [0.05, 0.1) is 5.69 Å². The van der Waals surface area contributed by atoms with Crippen molar-refractivity contribution in [1.29, 1.82) is 0 Å². The highest BCUT2D eigenvalue weighted by atomic mass is 16.5. The van der Waals surface area contributed by atoms with Gasteiger partial charge in [-0.25, -0.2) is 9.59 Å². The van der Waals surface area contributed by atoms with E-state index in [4.69, 9.17) is 4.74 Å². The molecule has 0 aliphatic carbocycles. The van der Waals surface area contributed by atoms with E-state index in [0.29, 0.717) is 12.1 Å². The molecule has 0 aliphatic rings. The van der Waals surface area contributed by atoms with Gasteiger partial charge in [-0.3, -0.25) is 4.79 Å². The number of ether oxygens (including phenoxy) is 1. The van der Waals surface area contributed by atoms with Gasteiger partial charge in [0.15, 0.2) is 5.75 Å². The van der Waals surface area contributed by atoms with Gasteiger partial charge in [-0.1, -0.05) is 84.0 Å². The fourth-order valence-corrected chi connectivity index (χ4v) is 3.66. The van der Waals surface area contributed by atoms with E-state index in [1.807, 2.05) is 0 Å². The van der Waals surface area contributed by atoms with Gasteiger partial charge in [0.1, 0.15) is 5.69 Å². The SMILES string of the molecule is CCCCCCCCCCCCCCCc1cc(OC(C)=O)c(N=C=O)cc1N=C=O. The molecule has 0 aliphatic heterocycles. The summed E-state index contributed by atoms with van der Waals surface area (Å²) in [6.07, 6.45) is 20.2. The van der Waals surface area contributed by atoms with Crippen LogP contribution in [0.15, 0.2) is 22.1 Å². The highest BCUT2D eigenvalue weighted by Gasteiger charge is 2.12. The van der Waals surface area contributed by atoms with Crippen molar-refractivity contribution in [2.24, 2.45) is 9.98 Å². The second kappa shape index (κ2) is 17.2. The molecule has 1 aromatic rings. The Morgan fingerprint density at radius 2 is 1.26 bits per heavy atom. The Hall–Kier alpha value is -2.55. The topological polar surface area (TPSA) is 85.2 Å². The third-order valence-corrected chi connectivity index (χ3v) is 5.30. The number of aliphatic imine (C=N–C) groups is 2. The average Bonchev–Trinajstić information content (AvgIpc) is 2.74. The molecule has 0 unspecified atom stereocenters. The van der Waals surface area contributed by atoms with Crippen LogP contribution in [-0.4, -0.2) is 18.1 Å². The molecule has 0 amide bonds. The summed E-state index contributed by atoms with van der Waals surface area (Å²) in [5.74, 6) is -0.341. The van der Waals surface area contributed by atoms with Crippen LogP contribution >= 0.6 is 0 Å². The van der Waals surface area contributed by atoms with Gasteiger partial charge in [0, 0.05) is 6.92 Å². The molecule has 6 nitrogen and oxygen atoms in total. The highest BCUT2D eigenvalue weighted by Crippen LogP contribution is 2.36. The summed E-state index contributed by atoms with van der Waals surface area (Å²) in [6, 6.07) is 3.07.